The fourth-order valence-electron chi connectivity index (χ4n) is 3.75. The maximum atomic E-state index is 12.9. The summed E-state index contributed by atoms with van der Waals surface area (Å²) in [6, 6.07) is 21.5. The van der Waals surface area contributed by atoms with Gasteiger partial charge in [-0.2, -0.15) is 0 Å². The molecule has 9 heteroatoms. The number of nitrogens with one attached hydrogen (secondary N) is 2. The molecule has 1 unspecified atom stereocenters. The Hall–Kier alpha value is -3.40. The number of hydrogen-bond donors (Lipinski definition) is 2. The summed E-state index contributed by atoms with van der Waals surface area (Å²) >= 11 is 0. The lowest BCUT2D eigenvalue weighted by Gasteiger charge is -2.25. The Morgan fingerprint density at radius 2 is 1.71 bits per heavy atom. The van der Waals surface area contributed by atoms with E-state index in [1.54, 1.807) is 30.3 Å². The lowest BCUT2D eigenvalue weighted by atomic mass is 10.1. The molecule has 0 fully saturated rings. The Balaban J connectivity index is 1.38. The highest BCUT2D eigenvalue weighted by atomic mass is 32.2. The topological polar surface area (TPSA) is 97.0 Å². The number of rotatable bonds is 10. The highest BCUT2D eigenvalue weighted by molar-refractivity contribution is 7.89. The lowest BCUT2D eigenvalue weighted by Crippen LogP contribution is -2.41. The van der Waals surface area contributed by atoms with Crippen LogP contribution in [0.15, 0.2) is 77.7 Å². The molecule has 0 bridgehead atoms. The monoisotopic (exact) mass is 495 g/mol. The van der Waals surface area contributed by atoms with Crippen molar-refractivity contribution in [3.8, 4) is 11.5 Å². The van der Waals surface area contributed by atoms with Crippen molar-refractivity contribution in [1.82, 2.24) is 14.9 Å². The Morgan fingerprint density at radius 3 is 2.49 bits per heavy atom. The van der Waals surface area contributed by atoms with Crippen molar-refractivity contribution < 1.29 is 22.7 Å². The summed E-state index contributed by atoms with van der Waals surface area (Å²) in [5.41, 5.74) is 2.20. The Labute approximate surface area is 205 Å². The molecule has 0 radical (unpaired) electrons. The van der Waals surface area contributed by atoms with Crippen molar-refractivity contribution in [2.24, 2.45) is 0 Å². The molecule has 1 aliphatic heterocycles. The van der Waals surface area contributed by atoms with Gasteiger partial charge in [-0.15, -0.1) is 0 Å². The highest BCUT2D eigenvalue weighted by Crippen LogP contribution is 2.32. The van der Waals surface area contributed by atoms with Crippen LogP contribution < -0.4 is 19.5 Å². The van der Waals surface area contributed by atoms with Crippen molar-refractivity contribution >= 4 is 15.9 Å². The molecule has 8 nitrogen and oxygen atoms in total. The Bertz CT molecular complexity index is 1280. The van der Waals surface area contributed by atoms with Gasteiger partial charge in [0.25, 0.3) is 5.91 Å². The number of amides is 1. The Kier molecular flexibility index (Phi) is 7.70. The summed E-state index contributed by atoms with van der Waals surface area (Å²) in [7, 11) is 0.118. The number of hydrogen-bond acceptors (Lipinski definition) is 6. The molecular weight excluding hydrogens is 466 g/mol. The average Bonchev–Trinajstić information content (AvgIpc) is 3.34. The zero-order valence-electron chi connectivity index (χ0n) is 19.7. The minimum Gasteiger partial charge on any atom is -0.454 e. The van der Waals surface area contributed by atoms with Gasteiger partial charge in [0.05, 0.1) is 4.90 Å². The first-order valence-corrected chi connectivity index (χ1v) is 12.8. The number of likely N-dealkylation sites (N-methyl/N-ethyl adjacent to an activating group) is 1. The molecule has 35 heavy (non-hydrogen) atoms. The molecule has 2 N–H and O–H groups in total. The number of nitrogens with zero attached hydrogens (tertiary/aromatic N) is 1. The lowest BCUT2D eigenvalue weighted by molar-refractivity contribution is 0.0941. The predicted molar refractivity (Wildman–Crippen MR) is 133 cm³/mol. The molecule has 4 rings (SSSR count). The van der Waals surface area contributed by atoms with E-state index in [4.69, 9.17) is 9.47 Å². The number of ether oxygens (including phenoxy) is 2. The van der Waals surface area contributed by atoms with Crippen LogP contribution >= 0.6 is 0 Å². The molecule has 0 saturated carbocycles. The van der Waals surface area contributed by atoms with E-state index in [1.807, 2.05) is 32.3 Å². The summed E-state index contributed by atoms with van der Waals surface area (Å²) in [6.07, 6.45) is 0.784. The van der Waals surface area contributed by atoms with E-state index in [0.717, 1.165) is 12.0 Å². The highest BCUT2D eigenvalue weighted by Gasteiger charge is 2.19. The first-order valence-electron chi connectivity index (χ1n) is 11.3. The smallest absolute Gasteiger partial charge is 0.251 e. The zero-order chi connectivity index (χ0) is 24.8. The molecule has 1 aliphatic rings. The third-order valence-electron chi connectivity index (χ3n) is 5.85. The second-order valence-corrected chi connectivity index (χ2v) is 10.3. The van der Waals surface area contributed by atoms with E-state index in [2.05, 4.69) is 27.1 Å². The molecular formula is C26H29N3O5S. The summed E-state index contributed by atoms with van der Waals surface area (Å²) < 4.78 is 38.9. The van der Waals surface area contributed by atoms with Crippen LogP contribution in [0, 0.1) is 0 Å². The van der Waals surface area contributed by atoms with E-state index in [1.165, 1.54) is 17.7 Å². The van der Waals surface area contributed by atoms with Crippen LogP contribution in [0.4, 0.5) is 0 Å². The second kappa shape index (κ2) is 10.9. The molecule has 0 spiro atoms. The second-order valence-electron chi connectivity index (χ2n) is 8.56. The van der Waals surface area contributed by atoms with E-state index in [-0.39, 0.29) is 35.7 Å². The van der Waals surface area contributed by atoms with Crippen LogP contribution in [0.5, 0.6) is 11.5 Å². The van der Waals surface area contributed by atoms with Gasteiger partial charge in [0.15, 0.2) is 11.5 Å². The molecule has 3 aromatic carbocycles. The average molecular weight is 496 g/mol. The van der Waals surface area contributed by atoms with E-state index in [0.29, 0.717) is 18.0 Å². The number of carbonyl (C=O) groups is 1. The fourth-order valence-corrected chi connectivity index (χ4v) is 4.82. The molecule has 1 amide bonds. The molecule has 3 aromatic rings. The van der Waals surface area contributed by atoms with Crippen molar-refractivity contribution in [3.63, 3.8) is 0 Å². The van der Waals surface area contributed by atoms with Crippen LogP contribution in [0.2, 0.25) is 0 Å². The van der Waals surface area contributed by atoms with Crippen LogP contribution in [0.3, 0.4) is 0 Å². The zero-order valence-corrected chi connectivity index (χ0v) is 20.5. The Morgan fingerprint density at radius 1 is 0.943 bits per heavy atom. The van der Waals surface area contributed by atoms with Crippen LogP contribution in [-0.4, -0.2) is 52.7 Å². The van der Waals surface area contributed by atoms with E-state index in [9.17, 15) is 13.2 Å². The summed E-state index contributed by atoms with van der Waals surface area (Å²) in [6.45, 7) is 0.667. The molecule has 0 aromatic heterocycles. The number of carbonyl (C=O) groups excluding carboxylic acids is 1. The normalized spacial score (nSPS) is 13.6. The fraction of sp³-hybridized carbons (Fsp3) is 0.269. The first-order chi connectivity index (χ1) is 16.8. The minimum absolute atomic E-state index is 0.0272. The maximum Gasteiger partial charge on any atom is 0.251 e. The molecule has 0 aliphatic carbocycles. The SMILES string of the molecule is CN(C)C(CNC(=O)c1cccc(S(=O)(=O)NCc2ccc3c(c2)OCO3)c1)Cc1ccccc1. The summed E-state index contributed by atoms with van der Waals surface area (Å²) in [5, 5.41) is 2.94. The summed E-state index contributed by atoms with van der Waals surface area (Å²) in [5.74, 6) is 0.900. The van der Waals surface area contributed by atoms with Gasteiger partial charge in [-0.25, -0.2) is 13.1 Å². The standard InChI is InChI=1S/C26H29N3O5S/c1-29(2)22(13-19-7-4-3-5-8-19)17-27-26(30)21-9-6-10-23(15-21)35(31,32)28-16-20-11-12-24-25(14-20)34-18-33-24/h3-12,14-15,22,28H,13,16-18H2,1-2H3,(H,27,30). The molecule has 1 heterocycles. The van der Waals surface area contributed by atoms with Crippen LogP contribution in [0.25, 0.3) is 0 Å². The van der Waals surface area contributed by atoms with Crippen LogP contribution in [-0.2, 0) is 23.0 Å². The maximum absolute atomic E-state index is 12.9. The van der Waals surface area contributed by atoms with Gasteiger partial charge in [0.2, 0.25) is 16.8 Å². The number of fused-ring (bicyclic) bond motifs is 1. The minimum atomic E-state index is -3.82. The third-order valence-corrected chi connectivity index (χ3v) is 7.25. The van der Waals surface area contributed by atoms with Crippen molar-refractivity contribution in [1.29, 1.82) is 0 Å². The largest absolute Gasteiger partial charge is 0.454 e. The van der Waals surface area contributed by atoms with E-state index >= 15 is 0 Å². The van der Waals surface area contributed by atoms with Gasteiger partial charge in [-0.3, -0.25) is 4.79 Å². The van der Waals surface area contributed by atoms with Gasteiger partial charge >= 0.3 is 0 Å². The van der Waals surface area contributed by atoms with Gasteiger partial charge in [0, 0.05) is 24.7 Å². The van der Waals surface area contributed by atoms with Crippen molar-refractivity contribution in [3.05, 3.63) is 89.5 Å². The van der Waals surface area contributed by atoms with Gasteiger partial charge in [0.1, 0.15) is 0 Å². The molecule has 1 atom stereocenters. The van der Waals surface area contributed by atoms with Gasteiger partial charge in [-0.1, -0.05) is 42.5 Å². The van der Waals surface area contributed by atoms with Gasteiger partial charge in [-0.05, 0) is 62.0 Å². The first kappa shape index (κ1) is 24.7. The van der Waals surface area contributed by atoms with Gasteiger partial charge < -0.3 is 19.7 Å². The number of benzene rings is 3. The molecule has 184 valence electrons. The van der Waals surface area contributed by atoms with Crippen molar-refractivity contribution in [2.45, 2.75) is 23.9 Å². The third kappa shape index (κ3) is 6.39. The summed E-state index contributed by atoms with van der Waals surface area (Å²) in [4.78, 5) is 14.9. The van der Waals surface area contributed by atoms with E-state index < -0.39 is 10.0 Å². The number of sulfonamides is 1. The molecule has 0 saturated heterocycles. The van der Waals surface area contributed by atoms with Crippen molar-refractivity contribution in [2.75, 3.05) is 27.4 Å². The quantitative estimate of drug-likeness (QED) is 0.449. The predicted octanol–water partition coefficient (Wildman–Crippen LogP) is 2.80. The van der Waals surface area contributed by atoms with Crippen LogP contribution in [0.1, 0.15) is 21.5 Å².